The van der Waals surface area contributed by atoms with E-state index < -0.39 is 47.8 Å². The van der Waals surface area contributed by atoms with Crippen LogP contribution in [0.1, 0.15) is 114 Å². The molecule has 0 saturated heterocycles. The van der Waals surface area contributed by atoms with Gasteiger partial charge in [0, 0.05) is 19.3 Å². The minimum Gasteiger partial charge on any atom is -0.481 e. The molecule has 0 unspecified atom stereocenters. The zero-order valence-electron chi connectivity index (χ0n) is 31.6. The Hall–Kier alpha value is -4.95. The number of esters is 2. The molecule has 3 rings (SSSR count). The van der Waals surface area contributed by atoms with Crippen LogP contribution in [-0.4, -0.2) is 58.1 Å². The van der Waals surface area contributed by atoms with E-state index in [0.717, 1.165) is 38.5 Å². The highest BCUT2D eigenvalue weighted by molar-refractivity contribution is 5.95. The fourth-order valence-electron chi connectivity index (χ4n) is 6.18. The highest BCUT2D eigenvalue weighted by Gasteiger charge is 2.50. The first-order chi connectivity index (χ1) is 26.1. The van der Waals surface area contributed by atoms with Crippen molar-refractivity contribution in [1.29, 1.82) is 0 Å². The Morgan fingerprint density at radius 2 is 1.54 bits per heavy atom. The van der Waals surface area contributed by atoms with Crippen LogP contribution in [0.2, 0.25) is 0 Å². The van der Waals surface area contributed by atoms with Gasteiger partial charge in [-0.3, -0.25) is 14.4 Å². The number of rotatable bonds is 20. The van der Waals surface area contributed by atoms with E-state index in [4.69, 9.17) is 14.2 Å². The van der Waals surface area contributed by atoms with Crippen molar-refractivity contribution >= 4 is 29.6 Å². The van der Waals surface area contributed by atoms with Crippen molar-refractivity contribution < 1.29 is 48.4 Å². The second-order valence-electron chi connectivity index (χ2n) is 13.6. The van der Waals surface area contributed by atoms with Crippen molar-refractivity contribution in [1.82, 2.24) is 5.32 Å². The van der Waals surface area contributed by atoms with Gasteiger partial charge in [0.05, 0.1) is 12.3 Å². The van der Waals surface area contributed by atoms with Crippen molar-refractivity contribution in [3.8, 4) is 17.6 Å². The lowest BCUT2D eigenvalue weighted by Gasteiger charge is -2.31. The average Bonchev–Trinajstić information content (AvgIpc) is 3.15. The fourth-order valence-corrected chi connectivity index (χ4v) is 6.18. The molecule has 1 aliphatic rings. The topological polar surface area (TPSA) is 166 Å². The van der Waals surface area contributed by atoms with Crippen LogP contribution in [0.3, 0.4) is 0 Å². The number of aliphatic carboxylic acids is 1. The molecule has 0 aromatic heterocycles. The molecule has 2 aromatic carbocycles. The number of aliphatic hydroxyl groups is 1. The highest BCUT2D eigenvalue weighted by Crippen LogP contribution is 2.28. The number of allylic oxidation sites excluding steroid dienone is 1. The van der Waals surface area contributed by atoms with E-state index in [1.165, 1.54) is 18.9 Å². The summed E-state index contributed by atoms with van der Waals surface area (Å²) in [6.07, 6.45) is 12.1. The number of cyclic esters (lactones) is 2. The fraction of sp³-hybridized carbons (Fsp3) is 0.512. The van der Waals surface area contributed by atoms with Crippen molar-refractivity contribution in [3.63, 3.8) is 0 Å². The molecular weight excluding hydrogens is 690 g/mol. The van der Waals surface area contributed by atoms with Crippen LogP contribution in [0.5, 0.6) is 5.75 Å². The molecule has 0 aliphatic carbocycles. The molecule has 11 heteroatoms. The smallest absolute Gasteiger partial charge is 0.340 e. The van der Waals surface area contributed by atoms with Crippen LogP contribution in [-0.2, 0) is 53.1 Å². The summed E-state index contributed by atoms with van der Waals surface area (Å²) < 4.78 is 16.7. The third-order valence-electron chi connectivity index (χ3n) is 9.33. The molecule has 0 fully saturated rings. The van der Waals surface area contributed by atoms with Gasteiger partial charge >= 0.3 is 17.9 Å². The van der Waals surface area contributed by atoms with Crippen molar-refractivity contribution in [3.05, 3.63) is 77.4 Å². The number of nitrogens with one attached hydrogen (secondary N) is 1. The van der Waals surface area contributed by atoms with Crippen molar-refractivity contribution in [2.75, 3.05) is 6.61 Å². The van der Waals surface area contributed by atoms with Gasteiger partial charge in [-0.05, 0) is 61.4 Å². The molecular formula is C43H55NO10. The lowest BCUT2D eigenvalue weighted by atomic mass is 9.82. The molecule has 0 saturated carbocycles. The summed E-state index contributed by atoms with van der Waals surface area (Å²) in [5, 5.41) is 24.2. The summed E-state index contributed by atoms with van der Waals surface area (Å²) in [6.45, 7) is 3.55. The van der Waals surface area contributed by atoms with Crippen LogP contribution in [0.4, 0.5) is 0 Å². The summed E-state index contributed by atoms with van der Waals surface area (Å²) in [6, 6.07) is 12.4. The summed E-state index contributed by atoms with van der Waals surface area (Å²) >= 11 is 0. The number of carboxylic acid groups (broad SMARTS) is 1. The lowest BCUT2D eigenvalue weighted by Crippen LogP contribution is -2.56. The second-order valence-corrected chi connectivity index (χ2v) is 13.6. The number of hydrogen-bond donors (Lipinski definition) is 3. The largest absolute Gasteiger partial charge is 0.481 e. The minimum atomic E-state index is -2.80. The van der Waals surface area contributed by atoms with E-state index >= 15 is 0 Å². The molecule has 3 N–H and O–H groups in total. The molecule has 292 valence electrons. The SMILES string of the molecule is CC#CCOc1ccc(C[C@@H]2NC(=O)[C@@H](C=CCCCCCCC(=O)CCCCCCC)[C@@](O)(CC(=O)O)C(=O)OCc3ccccc3COC2=O)cc1. The van der Waals surface area contributed by atoms with Gasteiger partial charge in [-0.15, -0.1) is 5.92 Å². The Bertz CT molecular complexity index is 1620. The van der Waals surface area contributed by atoms with Crippen LogP contribution in [0, 0.1) is 17.8 Å². The normalized spacial score (nSPS) is 19.1. The Morgan fingerprint density at radius 3 is 2.17 bits per heavy atom. The zero-order chi connectivity index (χ0) is 39.2. The van der Waals surface area contributed by atoms with Gasteiger partial charge in [-0.1, -0.05) is 99.9 Å². The average molecular weight is 746 g/mol. The van der Waals surface area contributed by atoms with E-state index in [1.54, 1.807) is 61.5 Å². The summed E-state index contributed by atoms with van der Waals surface area (Å²) in [4.78, 5) is 65.4. The Labute approximate surface area is 318 Å². The maximum atomic E-state index is 14.0. The van der Waals surface area contributed by atoms with Gasteiger partial charge in [0.2, 0.25) is 5.91 Å². The van der Waals surface area contributed by atoms with E-state index in [0.29, 0.717) is 48.1 Å². The third-order valence-corrected chi connectivity index (χ3v) is 9.33. The van der Waals surface area contributed by atoms with Gasteiger partial charge in [0.1, 0.15) is 37.4 Å². The van der Waals surface area contributed by atoms with Crippen LogP contribution in [0.15, 0.2) is 60.7 Å². The number of ketones is 1. The number of unbranched alkanes of at least 4 members (excludes halogenated alkanes) is 8. The number of carbonyl (C=O) groups excluding carboxylic acids is 4. The Balaban J connectivity index is 1.79. The van der Waals surface area contributed by atoms with Crippen molar-refractivity contribution in [2.24, 2.45) is 5.92 Å². The van der Waals surface area contributed by atoms with Crippen LogP contribution < -0.4 is 10.1 Å². The van der Waals surface area contributed by atoms with Crippen LogP contribution in [0.25, 0.3) is 0 Å². The number of carbonyl (C=O) groups is 5. The number of benzene rings is 2. The van der Waals surface area contributed by atoms with Gasteiger partial charge in [0.15, 0.2) is 5.60 Å². The molecule has 0 spiro atoms. The molecule has 1 amide bonds. The Morgan fingerprint density at radius 1 is 0.907 bits per heavy atom. The number of ether oxygens (including phenoxy) is 3. The molecule has 11 nitrogen and oxygen atoms in total. The predicted octanol–water partition coefficient (Wildman–Crippen LogP) is 6.56. The number of amides is 1. The van der Waals surface area contributed by atoms with Crippen LogP contribution >= 0.6 is 0 Å². The van der Waals surface area contributed by atoms with Gasteiger partial charge in [-0.2, -0.15) is 0 Å². The minimum absolute atomic E-state index is 0.0130. The first-order valence-corrected chi connectivity index (χ1v) is 19.0. The van der Waals surface area contributed by atoms with Gasteiger partial charge in [0.25, 0.3) is 0 Å². The van der Waals surface area contributed by atoms with Gasteiger partial charge < -0.3 is 29.7 Å². The summed E-state index contributed by atoms with van der Waals surface area (Å²) in [7, 11) is 0. The first kappa shape index (κ1) is 43.5. The molecule has 0 radical (unpaired) electrons. The van der Waals surface area contributed by atoms with Gasteiger partial charge in [-0.25, -0.2) is 9.59 Å². The highest BCUT2D eigenvalue weighted by atomic mass is 16.6. The molecule has 0 bridgehead atoms. The summed E-state index contributed by atoms with van der Waals surface area (Å²) in [5.74, 6) is 0.168. The Kier molecular flexibility index (Phi) is 19.0. The number of hydrogen-bond acceptors (Lipinski definition) is 9. The standard InChI is InChI=1S/C43H55NO10/c1-3-5-7-10-13-20-35(45)21-14-11-8-9-12-15-22-37-40(48)44-38(28-32-23-25-36(26-24-32)52-27-6-4-2)41(49)53-30-33-18-16-17-19-34(33)31-54-42(50)43(37,51)29-39(46)47/h15-19,22-26,37-38,51H,3,5,7-14,20-21,27-31H2,1-2H3,(H,44,48)(H,46,47)/t37-,38+,43+/m1/s1. The third kappa shape index (κ3) is 14.8. The number of fused-ring (bicyclic) bond motifs is 1. The molecule has 3 atom stereocenters. The maximum absolute atomic E-state index is 14.0. The predicted molar refractivity (Wildman–Crippen MR) is 203 cm³/mol. The van der Waals surface area contributed by atoms with E-state index in [-0.39, 0.29) is 32.0 Å². The molecule has 54 heavy (non-hydrogen) atoms. The molecule has 1 aliphatic heterocycles. The zero-order valence-corrected chi connectivity index (χ0v) is 31.6. The van der Waals surface area contributed by atoms with E-state index in [9.17, 15) is 34.2 Å². The lowest BCUT2D eigenvalue weighted by molar-refractivity contribution is -0.178. The first-order valence-electron chi connectivity index (χ1n) is 19.0. The van der Waals surface area contributed by atoms with E-state index in [1.807, 2.05) is 0 Å². The maximum Gasteiger partial charge on any atom is 0.340 e. The monoisotopic (exact) mass is 745 g/mol. The molecule has 1 heterocycles. The number of Topliss-reactive ketones (excluding diaryl/α,β-unsaturated/α-hetero) is 1. The molecule has 2 aromatic rings. The summed E-state index contributed by atoms with van der Waals surface area (Å²) in [5.41, 5.74) is -1.14. The number of carboxylic acids is 1. The van der Waals surface area contributed by atoms with Crippen molar-refractivity contribution in [2.45, 2.75) is 129 Å². The second kappa shape index (κ2) is 23.7. The van der Waals surface area contributed by atoms with E-state index in [2.05, 4.69) is 24.1 Å². The quantitative estimate of drug-likeness (QED) is 0.0585.